The number of aryl methyl sites for hydroxylation is 2. The van der Waals surface area contributed by atoms with Gasteiger partial charge in [-0.15, -0.1) is 11.3 Å². The average Bonchev–Trinajstić information content (AvgIpc) is 3.02. The number of fused-ring (bicyclic) bond motifs is 1. The number of hydrogen-bond donors (Lipinski definition) is 2. The standard InChI is InChI=1S/C19H23F3N4O6S/c1-4-24-15(28)14-11(3)12(10-26(23-17(29)30)13(27)6-9-32-5-2)33-16(14)25(18(24)31)8-7-19(20,21)22/h6,9,23H,4-5,7-8,10H2,1-3H3,(H,29,30)/b9-6+. The molecule has 2 aromatic heterocycles. The van der Waals surface area contributed by atoms with Crippen molar-refractivity contribution in [1.29, 1.82) is 0 Å². The van der Waals surface area contributed by atoms with Gasteiger partial charge in [-0.3, -0.25) is 18.7 Å². The second-order valence-electron chi connectivity index (χ2n) is 6.78. The molecule has 0 fully saturated rings. The molecule has 0 bridgehead atoms. The Hall–Kier alpha value is -3.29. The van der Waals surface area contributed by atoms with Crippen molar-refractivity contribution in [2.24, 2.45) is 0 Å². The van der Waals surface area contributed by atoms with Gasteiger partial charge in [0.2, 0.25) is 0 Å². The van der Waals surface area contributed by atoms with E-state index in [9.17, 15) is 32.3 Å². The SMILES string of the molecule is CCO/C=C/C(=O)N(Cc1sc2c(c1C)c(=O)n(CC)c(=O)n2CCC(F)(F)F)NC(=O)O. The first kappa shape index (κ1) is 26.0. The summed E-state index contributed by atoms with van der Waals surface area (Å²) in [5, 5.41) is 9.86. The van der Waals surface area contributed by atoms with Crippen molar-refractivity contribution in [3.05, 3.63) is 43.6 Å². The predicted molar refractivity (Wildman–Crippen MR) is 114 cm³/mol. The zero-order valence-corrected chi connectivity index (χ0v) is 18.9. The lowest BCUT2D eigenvalue weighted by Gasteiger charge is -2.19. The van der Waals surface area contributed by atoms with Crippen molar-refractivity contribution in [2.75, 3.05) is 6.61 Å². The lowest BCUT2D eigenvalue weighted by molar-refractivity contribution is -0.136. The molecule has 0 spiro atoms. The molecule has 2 heterocycles. The van der Waals surface area contributed by atoms with E-state index >= 15 is 0 Å². The number of hydrogen-bond acceptors (Lipinski definition) is 6. The molecule has 0 unspecified atom stereocenters. The van der Waals surface area contributed by atoms with Gasteiger partial charge in [0, 0.05) is 24.0 Å². The summed E-state index contributed by atoms with van der Waals surface area (Å²) in [6.07, 6.45) is -5.24. The lowest BCUT2D eigenvalue weighted by Crippen LogP contribution is -2.44. The van der Waals surface area contributed by atoms with Crippen molar-refractivity contribution < 1.29 is 32.6 Å². The molecule has 2 amide bonds. The fourth-order valence-electron chi connectivity index (χ4n) is 3.03. The monoisotopic (exact) mass is 492 g/mol. The number of aromatic nitrogens is 2. The zero-order valence-electron chi connectivity index (χ0n) is 18.1. The highest BCUT2D eigenvalue weighted by atomic mass is 32.1. The third-order valence-corrected chi connectivity index (χ3v) is 5.90. The first-order chi connectivity index (χ1) is 15.4. The molecule has 0 aliphatic carbocycles. The molecule has 10 nitrogen and oxygen atoms in total. The second kappa shape index (κ2) is 10.6. The first-order valence-electron chi connectivity index (χ1n) is 9.82. The molecule has 0 aliphatic heterocycles. The summed E-state index contributed by atoms with van der Waals surface area (Å²) in [5.74, 6) is -0.775. The van der Waals surface area contributed by atoms with Crippen LogP contribution in [0.5, 0.6) is 0 Å². The summed E-state index contributed by atoms with van der Waals surface area (Å²) < 4.78 is 45.1. The van der Waals surface area contributed by atoms with Crippen LogP contribution in [0.15, 0.2) is 21.9 Å². The summed E-state index contributed by atoms with van der Waals surface area (Å²) >= 11 is 0.850. The summed E-state index contributed by atoms with van der Waals surface area (Å²) in [7, 11) is 0. The van der Waals surface area contributed by atoms with Crippen molar-refractivity contribution >= 4 is 33.6 Å². The molecule has 2 aromatic rings. The van der Waals surface area contributed by atoms with Crippen molar-refractivity contribution in [1.82, 2.24) is 19.6 Å². The van der Waals surface area contributed by atoms with E-state index in [2.05, 4.69) is 0 Å². The van der Waals surface area contributed by atoms with Crippen LogP contribution >= 0.6 is 11.3 Å². The Kier molecular flexibility index (Phi) is 8.30. The number of amides is 2. The van der Waals surface area contributed by atoms with Gasteiger partial charge in [0.05, 0.1) is 31.2 Å². The van der Waals surface area contributed by atoms with Crippen molar-refractivity contribution in [3.63, 3.8) is 0 Å². The van der Waals surface area contributed by atoms with Gasteiger partial charge in [-0.2, -0.15) is 13.2 Å². The average molecular weight is 492 g/mol. The van der Waals surface area contributed by atoms with Crippen LogP contribution in [-0.4, -0.2) is 44.0 Å². The number of carbonyl (C=O) groups is 2. The largest absolute Gasteiger partial charge is 0.501 e. The van der Waals surface area contributed by atoms with Gasteiger partial charge in [-0.05, 0) is 26.3 Å². The molecule has 14 heteroatoms. The van der Waals surface area contributed by atoms with Gasteiger partial charge in [0.1, 0.15) is 4.83 Å². The number of hydrazine groups is 1. The van der Waals surface area contributed by atoms with Crippen LogP contribution in [0.3, 0.4) is 0 Å². The number of carboxylic acid groups (broad SMARTS) is 1. The Labute approximate surface area is 189 Å². The fraction of sp³-hybridized carbons (Fsp3) is 0.474. The minimum absolute atomic E-state index is 0.0269. The van der Waals surface area contributed by atoms with Crippen molar-refractivity contribution in [3.8, 4) is 0 Å². The molecule has 0 aliphatic rings. The van der Waals surface area contributed by atoms with Crippen LogP contribution in [0.4, 0.5) is 18.0 Å². The van der Waals surface area contributed by atoms with E-state index in [1.165, 1.54) is 13.8 Å². The van der Waals surface area contributed by atoms with Gasteiger partial charge in [-0.25, -0.2) is 20.0 Å². The van der Waals surface area contributed by atoms with Crippen LogP contribution in [-0.2, 0) is 29.2 Å². The first-order valence-corrected chi connectivity index (χ1v) is 10.6. The number of alkyl halides is 3. The van der Waals surface area contributed by atoms with Crippen LogP contribution < -0.4 is 16.7 Å². The Balaban J connectivity index is 2.61. The molecule has 33 heavy (non-hydrogen) atoms. The highest BCUT2D eigenvalue weighted by Gasteiger charge is 2.29. The fourth-order valence-corrected chi connectivity index (χ4v) is 4.33. The maximum absolute atomic E-state index is 12.9. The van der Waals surface area contributed by atoms with Gasteiger partial charge < -0.3 is 9.84 Å². The molecule has 0 saturated carbocycles. The smallest absolute Gasteiger partial charge is 0.423 e. The van der Waals surface area contributed by atoms with Crippen LogP contribution in [0.1, 0.15) is 30.7 Å². The molecule has 0 saturated heterocycles. The van der Waals surface area contributed by atoms with Gasteiger partial charge in [-0.1, -0.05) is 0 Å². The maximum Gasteiger partial charge on any atom is 0.423 e. The maximum atomic E-state index is 12.9. The molecular weight excluding hydrogens is 469 g/mol. The van der Waals surface area contributed by atoms with E-state index in [-0.39, 0.29) is 29.9 Å². The normalized spacial score (nSPS) is 11.8. The summed E-state index contributed by atoms with van der Waals surface area (Å²) in [4.78, 5) is 49.4. The van der Waals surface area contributed by atoms with E-state index in [1.807, 2.05) is 5.43 Å². The summed E-state index contributed by atoms with van der Waals surface area (Å²) in [5.41, 5.74) is 0.732. The molecular formula is C19H23F3N4O6S. The molecule has 0 aromatic carbocycles. The zero-order chi connectivity index (χ0) is 24.9. The van der Waals surface area contributed by atoms with Gasteiger partial charge >= 0.3 is 18.0 Å². The van der Waals surface area contributed by atoms with Gasteiger partial charge in [0.15, 0.2) is 0 Å². The van der Waals surface area contributed by atoms with E-state index in [4.69, 9.17) is 9.84 Å². The van der Waals surface area contributed by atoms with E-state index in [0.29, 0.717) is 10.4 Å². The molecule has 0 radical (unpaired) electrons. The highest BCUT2D eigenvalue weighted by molar-refractivity contribution is 7.18. The van der Waals surface area contributed by atoms with E-state index < -0.39 is 42.4 Å². The number of ether oxygens (including phenoxy) is 1. The minimum atomic E-state index is -4.52. The number of thiophene rings is 1. The quantitative estimate of drug-likeness (QED) is 0.332. The molecule has 2 N–H and O–H groups in total. The van der Waals surface area contributed by atoms with Gasteiger partial charge in [0.25, 0.3) is 11.5 Å². The van der Waals surface area contributed by atoms with Crippen LogP contribution in [0.25, 0.3) is 10.2 Å². The Morgan fingerprint density at radius 2 is 1.91 bits per heavy atom. The Bertz CT molecular complexity index is 1180. The van der Waals surface area contributed by atoms with E-state index in [1.54, 1.807) is 6.92 Å². The lowest BCUT2D eigenvalue weighted by atomic mass is 10.2. The van der Waals surface area contributed by atoms with E-state index in [0.717, 1.165) is 37.8 Å². The summed E-state index contributed by atoms with van der Waals surface area (Å²) in [6.45, 7) is 3.95. The number of nitrogens with one attached hydrogen (secondary N) is 1. The number of halogens is 3. The molecule has 182 valence electrons. The van der Waals surface area contributed by atoms with Crippen LogP contribution in [0, 0.1) is 6.92 Å². The third-order valence-electron chi connectivity index (χ3n) is 4.60. The summed E-state index contributed by atoms with van der Waals surface area (Å²) in [6, 6.07) is 0. The minimum Gasteiger partial charge on any atom is -0.501 e. The number of nitrogens with zero attached hydrogens (tertiary/aromatic N) is 3. The highest BCUT2D eigenvalue weighted by Crippen LogP contribution is 2.30. The third kappa shape index (κ3) is 6.15. The number of rotatable bonds is 8. The van der Waals surface area contributed by atoms with Crippen molar-refractivity contribution in [2.45, 2.75) is 53.0 Å². The van der Waals surface area contributed by atoms with Crippen LogP contribution in [0.2, 0.25) is 0 Å². The number of carbonyl (C=O) groups excluding carboxylic acids is 1. The topological polar surface area (TPSA) is 123 Å². The molecule has 2 rings (SSSR count). The Morgan fingerprint density at radius 1 is 1.24 bits per heavy atom. The predicted octanol–water partition coefficient (Wildman–Crippen LogP) is 2.57. The molecule has 0 atom stereocenters. The second-order valence-corrected chi connectivity index (χ2v) is 7.86. The Morgan fingerprint density at radius 3 is 2.45 bits per heavy atom.